The molecule has 6 heteroatoms. The summed E-state index contributed by atoms with van der Waals surface area (Å²) in [5.74, 6) is 0.642. The van der Waals surface area contributed by atoms with Crippen molar-refractivity contribution >= 4 is 21.6 Å². The number of nitrogens with zero attached hydrogens (tertiary/aromatic N) is 1. The molecule has 0 radical (unpaired) electrons. The Balaban J connectivity index is 2.39. The summed E-state index contributed by atoms with van der Waals surface area (Å²) in [6, 6.07) is 9.77. The first kappa shape index (κ1) is 14.5. The fourth-order valence-electron chi connectivity index (χ4n) is 1.77. The first-order valence-electron chi connectivity index (χ1n) is 5.84. The molecule has 2 rings (SSSR count). The van der Waals surface area contributed by atoms with Gasteiger partial charge in [-0.05, 0) is 52.2 Å². The number of halogens is 1. The van der Waals surface area contributed by atoms with Crippen LogP contribution < -0.4 is 4.74 Å². The normalized spacial score (nSPS) is 10.3. The Labute approximate surface area is 124 Å². The van der Waals surface area contributed by atoms with E-state index in [0.717, 1.165) is 11.1 Å². The molecule has 0 atom stereocenters. The Morgan fingerprint density at radius 3 is 2.70 bits per heavy atom. The molecule has 0 aliphatic heterocycles. The van der Waals surface area contributed by atoms with Crippen LogP contribution in [0.25, 0.3) is 0 Å². The van der Waals surface area contributed by atoms with Crippen molar-refractivity contribution in [1.82, 2.24) is 0 Å². The summed E-state index contributed by atoms with van der Waals surface area (Å²) in [5.41, 5.74) is 1.54. The summed E-state index contributed by atoms with van der Waals surface area (Å²) in [4.78, 5) is 10.5. The maximum atomic E-state index is 11.0. The molecule has 2 aromatic carbocycles. The summed E-state index contributed by atoms with van der Waals surface area (Å²) in [5, 5.41) is 20.1. The Morgan fingerprint density at radius 2 is 2.10 bits per heavy atom. The van der Waals surface area contributed by atoms with Gasteiger partial charge in [0.05, 0.1) is 16.0 Å². The van der Waals surface area contributed by atoms with Gasteiger partial charge in [-0.1, -0.05) is 12.1 Å². The fraction of sp³-hybridized carbons (Fsp3) is 0.143. The van der Waals surface area contributed by atoms with Crippen molar-refractivity contribution in [3.05, 3.63) is 62.1 Å². The summed E-state index contributed by atoms with van der Waals surface area (Å²) in [6.45, 7) is 1.79. The minimum atomic E-state index is -0.491. The van der Waals surface area contributed by atoms with Crippen molar-refractivity contribution < 1.29 is 14.8 Å². The molecule has 0 saturated heterocycles. The zero-order chi connectivity index (χ0) is 14.7. The second kappa shape index (κ2) is 6.02. The van der Waals surface area contributed by atoms with E-state index in [1.165, 1.54) is 6.07 Å². The number of hydrogen-bond acceptors (Lipinski definition) is 4. The average Bonchev–Trinajstić information content (AvgIpc) is 2.41. The third-order valence-corrected chi connectivity index (χ3v) is 3.47. The highest BCUT2D eigenvalue weighted by atomic mass is 79.9. The van der Waals surface area contributed by atoms with E-state index in [1.807, 2.05) is 6.92 Å². The number of aryl methyl sites for hydroxylation is 1. The van der Waals surface area contributed by atoms with Crippen molar-refractivity contribution in [2.24, 2.45) is 0 Å². The zero-order valence-electron chi connectivity index (χ0n) is 10.7. The van der Waals surface area contributed by atoms with Crippen LogP contribution in [0.5, 0.6) is 11.5 Å². The smallest absolute Gasteiger partial charge is 0.312 e. The third kappa shape index (κ3) is 2.97. The second-order valence-corrected chi connectivity index (χ2v) is 5.05. The molecule has 0 aromatic heterocycles. The highest BCUT2D eigenvalue weighted by molar-refractivity contribution is 9.10. The quantitative estimate of drug-likeness (QED) is 0.677. The molecule has 0 heterocycles. The van der Waals surface area contributed by atoms with Gasteiger partial charge >= 0.3 is 5.69 Å². The lowest BCUT2D eigenvalue weighted by Gasteiger charge is -2.10. The van der Waals surface area contributed by atoms with Gasteiger partial charge in [-0.25, -0.2) is 0 Å². The maximum Gasteiger partial charge on any atom is 0.312 e. The molecule has 0 fully saturated rings. The molecular weight excluding hydrogens is 326 g/mol. The molecule has 0 saturated carbocycles. The van der Waals surface area contributed by atoms with Crippen molar-refractivity contribution in [3.63, 3.8) is 0 Å². The molecule has 104 valence electrons. The van der Waals surface area contributed by atoms with Crippen LogP contribution in [0.1, 0.15) is 11.1 Å². The van der Waals surface area contributed by atoms with Gasteiger partial charge in [0.15, 0.2) is 0 Å². The molecule has 0 aliphatic rings. The summed E-state index contributed by atoms with van der Waals surface area (Å²) in [6.07, 6.45) is 0. The van der Waals surface area contributed by atoms with Crippen LogP contribution >= 0.6 is 15.9 Å². The van der Waals surface area contributed by atoms with Crippen LogP contribution in [-0.2, 0) is 6.61 Å². The van der Waals surface area contributed by atoms with Crippen LogP contribution in [0.2, 0.25) is 0 Å². The molecule has 0 aliphatic carbocycles. The van der Waals surface area contributed by atoms with Gasteiger partial charge in [0.25, 0.3) is 0 Å². The van der Waals surface area contributed by atoms with Crippen LogP contribution in [0.15, 0.2) is 40.9 Å². The lowest BCUT2D eigenvalue weighted by molar-refractivity contribution is -0.385. The summed E-state index contributed by atoms with van der Waals surface area (Å²) in [7, 11) is 0. The Morgan fingerprint density at radius 1 is 1.35 bits per heavy atom. The van der Waals surface area contributed by atoms with Gasteiger partial charge in [-0.2, -0.15) is 0 Å². The zero-order valence-corrected chi connectivity index (χ0v) is 12.3. The van der Waals surface area contributed by atoms with E-state index in [4.69, 9.17) is 9.84 Å². The van der Waals surface area contributed by atoms with E-state index in [-0.39, 0.29) is 18.0 Å². The average molecular weight is 338 g/mol. The van der Waals surface area contributed by atoms with E-state index in [9.17, 15) is 10.1 Å². The largest absolute Gasteiger partial charge is 0.449 e. The number of ether oxygens (including phenoxy) is 1. The first-order valence-corrected chi connectivity index (χ1v) is 6.63. The van der Waals surface area contributed by atoms with Crippen molar-refractivity contribution in [2.45, 2.75) is 13.5 Å². The topological polar surface area (TPSA) is 72.6 Å². The third-order valence-electron chi connectivity index (χ3n) is 2.85. The number of nitro benzene ring substituents is 1. The fourth-order valence-corrected chi connectivity index (χ4v) is 2.21. The number of nitro groups is 1. The molecule has 20 heavy (non-hydrogen) atoms. The molecular formula is C14H12BrNO4. The Hall–Kier alpha value is -1.92. The SMILES string of the molecule is Cc1cc(Oc2c(Br)cccc2[N+](=O)[O-])ccc1CO. The molecule has 5 nitrogen and oxygen atoms in total. The molecule has 0 bridgehead atoms. The van der Waals surface area contributed by atoms with Gasteiger partial charge in [0.2, 0.25) is 5.75 Å². The van der Waals surface area contributed by atoms with Gasteiger partial charge < -0.3 is 9.84 Å². The molecule has 0 amide bonds. The molecule has 0 unspecified atom stereocenters. The number of hydrogen-bond donors (Lipinski definition) is 1. The number of aliphatic hydroxyl groups is 1. The minimum absolute atomic E-state index is 0.0543. The Bertz CT molecular complexity index is 658. The van der Waals surface area contributed by atoms with Crippen molar-refractivity contribution in [3.8, 4) is 11.5 Å². The standard InChI is InChI=1S/C14H12BrNO4/c1-9-7-11(6-5-10(9)8-17)20-14-12(15)3-2-4-13(14)16(18)19/h2-7,17H,8H2,1H3. The maximum absolute atomic E-state index is 11.0. The minimum Gasteiger partial charge on any atom is -0.449 e. The lowest BCUT2D eigenvalue weighted by Crippen LogP contribution is -1.95. The van der Waals surface area contributed by atoms with Gasteiger partial charge in [0.1, 0.15) is 5.75 Å². The lowest BCUT2D eigenvalue weighted by atomic mass is 10.1. The van der Waals surface area contributed by atoms with Crippen LogP contribution in [-0.4, -0.2) is 10.0 Å². The second-order valence-electron chi connectivity index (χ2n) is 4.19. The monoisotopic (exact) mass is 337 g/mol. The van der Waals surface area contributed by atoms with E-state index in [2.05, 4.69) is 15.9 Å². The highest BCUT2D eigenvalue weighted by Crippen LogP contribution is 2.38. The van der Waals surface area contributed by atoms with E-state index in [1.54, 1.807) is 30.3 Å². The van der Waals surface area contributed by atoms with Gasteiger partial charge in [-0.3, -0.25) is 10.1 Å². The van der Waals surface area contributed by atoms with Crippen molar-refractivity contribution in [2.75, 3.05) is 0 Å². The van der Waals surface area contributed by atoms with Crippen LogP contribution in [0, 0.1) is 17.0 Å². The van der Waals surface area contributed by atoms with E-state index < -0.39 is 4.92 Å². The number of rotatable bonds is 4. The van der Waals surface area contributed by atoms with Crippen LogP contribution in [0.4, 0.5) is 5.69 Å². The molecule has 1 N–H and O–H groups in total. The van der Waals surface area contributed by atoms with Crippen molar-refractivity contribution in [1.29, 1.82) is 0 Å². The number of para-hydroxylation sites is 1. The predicted octanol–water partition coefficient (Wildman–Crippen LogP) is 3.95. The van der Waals surface area contributed by atoms with Gasteiger partial charge in [-0.15, -0.1) is 0 Å². The first-order chi connectivity index (χ1) is 9.52. The summed E-state index contributed by atoms with van der Waals surface area (Å²) < 4.78 is 6.12. The van der Waals surface area contributed by atoms with E-state index >= 15 is 0 Å². The van der Waals surface area contributed by atoms with E-state index in [0.29, 0.717) is 10.2 Å². The Kier molecular flexibility index (Phi) is 4.36. The van der Waals surface area contributed by atoms with Crippen LogP contribution in [0.3, 0.4) is 0 Å². The summed E-state index contributed by atoms with van der Waals surface area (Å²) >= 11 is 3.25. The highest BCUT2D eigenvalue weighted by Gasteiger charge is 2.18. The molecule has 0 spiro atoms. The predicted molar refractivity (Wildman–Crippen MR) is 78.0 cm³/mol. The van der Waals surface area contributed by atoms with Gasteiger partial charge in [0, 0.05) is 6.07 Å². The number of benzene rings is 2. The number of aliphatic hydroxyl groups excluding tert-OH is 1. The molecule has 2 aromatic rings.